The number of benzene rings is 2. The van der Waals surface area contributed by atoms with E-state index in [0.29, 0.717) is 28.7 Å². The second-order valence-electron chi connectivity index (χ2n) is 7.88. The summed E-state index contributed by atoms with van der Waals surface area (Å²) in [6.45, 7) is 4.04. The molecule has 1 saturated heterocycles. The Hall–Kier alpha value is -2.73. The molecule has 2 aromatic carbocycles. The van der Waals surface area contributed by atoms with E-state index in [-0.39, 0.29) is 11.9 Å². The van der Waals surface area contributed by atoms with Crippen LogP contribution in [0.25, 0.3) is 0 Å². The number of hydrogen-bond donors (Lipinski definition) is 0. The maximum absolute atomic E-state index is 13.7. The normalized spacial score (nSPS) is 20.8. The van der Waals surface area contributed by atoms with Gasteiger partial charge in [0.05, 0.1) is 21.3 Å². The second-order valence-corrected chi connectivity index (χ2v) is 7.88. The lowest BCUT2D eigenvalue weighted by Gasteiger charge is -2.36. The van der Waals surface area contributed by atoms with Crippen LogP contribution in [0.5, 0.6) is 17.2 Å². The van der Waals surface area contributed by atoms with Gasteiger partial charge in [-0.15, -0.1) is 0 Å². The van der Waals surface area contributed by atoms with Gasteiger partial charge in [0.15, 0.2) is 11.5 Å². The number of amides is 1. The summed E-state index contributed by atoms with van der Waals surface area (Å²) in [5.41, 5.74) is 4.03. The Balaban J connectivity index is 1.79. The standard InChI is InChI=1S/C23H28N2O4/c1-14-6-7-18-16(10-14)17-13-24(2)9-8-19(17)25(18)23(26)15-11-20(27-3)22(29-5)21(12-15)28-4/h6-7,10-12,17,19H,8-9,13H2,1-5H3/t17-,19+/m0/s1. The molecule has 6 nitrogen and oxygen atoms in total. The predicted octanol–water partition coefficient (Wildman–Crippen LogP) is 3.47. The van der Waals surface area contributed by atoms with Crippen molar-refractivity contribution in [1.29, 1.82) is 0 Å². The van der Waals surface area contributed by atoms with Crippen molar-refractivity contribution in [1.82, 2.24) is 4.90 Å². The molecule has 0 spiro atoms. The highest BCUT2D eigenvalue weighted by atomic mass is 16.5. The largest absolute Gasteiger partial charge is 0.493 e. The van der Waals surface area contributed by atoms with Crippen molar-refractivity contribution < 1.29 is 19.0 Å². The van der Waals surface area contributed by atoms with Gasteiger partial charge in [0, 0.05) is 29.8 Å². The number of likely N-dealkylation sites (tertiary alicyclic amines) is 1. The lowest BCUT2D eigenvalue weighted by atomic mass is 9.88. The number of rotatable bonds is 4. The van der Waals surface area contributed by atoms with Gasteiger partial charge in [0.25, 0.3) is 5.91 Å². The van der Waals surface area contributed by atoms with E-state index in [1.54, 1.807) is 33.5 Å². The Bertz CT molecular complexity index is 917. The third kappa shape index (κ3) is 3.21. The molecule has 0 unspecified atom stereocenters. The highest BCUT2D eigenvalue weighted by Gasteiger charge is 2.44. The molecule has 1 amide bonds. The van der Waals surface area contributed by atoms with Gasteiger partial charge in [-0.1, -0.05) is 17.7 Å². The molecule has 2 aliphatic rings. The molecular weight excluding hydrogens is 368 g/mol. The molecule has 2 atom stereocenters. The van der Waals surface area contributed by atoms with Crippen LogP contribution >= 0.6 is 0 Å². The molecule has 0 radical (unpaired) electrons. The summed E-state index contributed by atoms with van der Waals surface area (Å²) in [7, 11) is 6.83. The maximum Gasteiger partial charge on any atom is 0.258 e. The van der Waals surface area contributed by atoms with Crippen LogP contribution in [0.2, 0.25) is 0 Å². The van der Waals surface area contributed by atoms with Crippen molar-refractivity contribution in [3.8, 4) is 17.2 Å². The van der Waals surface area contributed by atoms with Crippen LogP contribution in [0.3, 0.4) is 0 Å². The van der Waals surface area contributed by atoms with Crippen LogP contribution < -0.4 is 19.1 Å². The number of methoxy groups -OCH3 is 3. The van der Waals surface area contributed by atoms with E-state index in [0.717, 1.165) is 25.2 Å². The molecule has 154 valence electrons. The number of likely N-dealkylation sites (N-methyl/N-ethyl adjacent to an activating group) is 1. The number of hydrogen-bond acceptors (Lipinski definition) is 5. The molecule has 0 bridgehead atoms. The van der Waals surface area contributed by atoms with Gasteiger partial charge in [0.1, 0.15) is 0 Å². The Morgan fingerprint density at radius 1 is 1.03 bits per heavy atom. The highest BCUT2D eigenvalue weighted by molar-refractivity contribution is 6.08. The minimum atomic E-state index is -0.0357. The van der Waals surface area contributed by atoms with E-state index in [4.69, 9.17) is 14.2 Å². The number of carbonyl (C=O) groups excluding carboxylic acids is 1. The molecule has 0 N–H and O–H groups in total. The Kier molecular flexibility index (Phi) is 5.13. The summed E-state index contributed by atoms with van der Waals surface area (Å²) in [4.78, 5) is 18.1. The van der Waals surface area contributed by atoms with Gasteiger partial charge in [-0.25, -0.2) is 0 Å². The van der Waals surface area contributed by atoms with Crippen molar-refractivity contribution in [3.05, 3.63) is 47.0 Å². The van der Waals surface area contributed by atoms with Crippen molar-refractivity contribution in [3.63, 3.8) is 0 Å². The number of piperidine rings is 1. The monoisotopic (exact) mass is 396 g/mol. The van der Waals surface area contributed by atoms with Crippen molar-refractivity contribution >= 4 is 11.6 Å². The van der Waals surface area contributed by atoms with Crippen LogP contribution in [-0.4, -0.2) is 58.3 Å². The summed E-state index contributed by atoms with van der Waals surface area (Å²) < 4.78 is 16.3. The van der Waals surface area contributed by atoms with E-state index in [9.17, 15) is 4.79 Å². The first kappa shape index (κ1) is 19.6. The molecule has 4 rings (SSSR count). The SMILES string of the molecule is COc1cc(C(=O)N2c3ccc(C)cc3[C@@H]3CN(C)CC[C@H]32)cc(OC)c1OC. The fraction of sp³-hybridized carbons (Fsp3) is 0.435. The van der Waals surface area contributed by atoms with E-state index in [1.165, 1.54) is 11.1 Å². The van der Waals surface area contributed by atoms with Gasteiger partial charge in [-0.2, -0.15) is 0 Å². The first-order valence-corrected chi connectivity index (χ1v) is 9.91. The molecule has 29 heavy (non-hydrogen) atoms. The molecular formula is C23H28N2O4. The topological polar surface area (TPSA) is 51.2 Å². The summed E-state index contributed by atoms with van der Waals surface area (Å²) in [5.74, 6) is 1.75. The van der Waals surface area contributed by atoms with Crippen molar-refractivity contribution in [2.24, 2.45) is 0 Å². The quantitative estimate of drug-likeness (QED) is 0.792. The average Bonchev–Trinajstić information content (AvgIpc) is 3.04. The molecule has 1 fully saturated rings. The summed E-state index contributed by atoms with van der Waals surface area (Å²) in [5, 5.41) is 0. The zero-order valence-electron chi connectivity index (χ0n) is 17.7. The summed E-state index contributed by atoms with van der Waals surface area (Å²) in [6.07, 6.45) is 0.949. The Morgan fingerprint density at radius 3 is 2.34 bits per heavy atom. The molecule has 2 heterocycles. The highest BCUT2D eigenvalue weighted by Crippen LogP contribution is 2.46. The third-order valence-corrected chi connectivity index (χ3v) is 6.08. The number of aryl methyl sites for hydroxylation is 1. The van der Waals surface area contributed by atoms with Crippen LogP contribution in [0.15, 0.2) is 30.3 Å². The number of nitrogens with zero attached hydrogens (tertiary/aromatic N) is 2. The minimum absolute atomic E-state index is 0.0357. The first-order valence-electron chi connectivity index (χ1n) is 9.91. The fourth-order valence-corrected chi connectivity index (χ4v) is 4.69. The molecule has 2 aromatic rings. The summed E-state index contributed by atoms with van der Waals surface area (Å²) >= 11 is 0. The van der Waals surface area contributed by atoms with Crippen molar-refractivity contribution in [2.75, 3.05) is 46.4 Å². The number of fused-ring (bicyclic) bond motifs is 3. The number of carbonyl (C=O) groups is 1. The molecule has 0 aliphatic carbocycles. The predicted molar refractivity (Wildman–Crippen MR) is 113 cm³/mol. The zero-order chi connectivity index (χ0) is 20.7. The van der Waals surface area contributed by atoms with Gasteiger partial charge in [-0.05, 0) is 50.7 Å². The van der Waals surface area contributed by atoms with Crippen LogP contribution in [0.1, 0.15) is 33.8 Å². The van der Waals surface area contributed by atoms with Gasteiger partial charge < -0.3 is 24.0 Å². The summed E-state index contributed by atoms with van der Waals surface area (Å²) in [6, 6.07) is 10.0. The Labute approximate surface area is 172 Å². The van der Waals surface area contributed by atoms with E-state index >= 15 is 0 Å². The molecule has 2 aliphatic heterocycles. The minimum Gasteiger partial charge on any atom is -0.493 e. The maximum atomic E-state index is 13.7. The Morgan fingerprint density at radius 2 is 1.72 bits per heavy atom. The van der Waals surface area contributed by atoms with Gasteiger partial charge >= 0.3 is 0 Å². The third-order valence-electron chi connectivity index (χ3n) is 6.08. The second kappa shape index (κ2) is 7.59. The van der Waals surface area contributed by atoms with Gasteiger partial charge in [0.2, 0.25) is 5.75 Å². The van der Waals surface area contributed by atoms with Crippen LogP contribution in [0, 0.1) is 6.92 Å². The zero-order valence-corrected chi connectivity index (χ0v) is 17.7. The van der Waals surface area contributed by atoms with E-state index in [1.807, 2.05) is 4.90 Å². The van der Waals surface area contributed by atoms with Crippen LogP contribution in [-0.2, 0) is 0 Å². The van der Waals surface area contributed by atoms with Gasteiger partial charge in [-0.3, -0.25) is 4.79 Å². The smallest absolute Gasteiger partial charge is 0.258 e. The van der Waals surface area contributed by atoms with Crippen molar-refractivity contribution in [2.45, 2.75) is 25.3 Å². The lowest BCUT2D eigenvalue weighted by Crippen LogP contribution is -2.47. The molecule has 0 saturated carbocycles. The first-order chi connectivity index (χ1) is 14.0. The number of ether oxygens (including phenoxy) is 3. The van der Waals surface area contributed by atoms with E-state index in [2.05, 4.69) is 37.1 Å². The lowest BCUT2D eigenvalue weighted by molar-refractivity contribution is 0.0964. The van der Waals surface area contributed by atoms with Crippen LogP contribution in [0.4, 0.5) is 5.69 Å². The average molecular weight is 396 g/mol. The molecule has 6 heteroatoms. The fourth-order valence-electron chi connectivity index (χ4n) is 4.69. The van der Waals surface area contributed by atoms with E-state index < -0.39 is 0 Å². The molecule has 0 aromatic heterocycles. The number of anilines is 1.